The van der Waals surface area contributed by atoms with Crippen LogP contribution in [-0.2, 0) is 9.09 Å². The molecular weight excluding hydrogens is 281 g/mol. The highest BCUT2D eigenvalue weighted by atomic mass is 35.5. The van der Waals surface area contributed by atoms with Crippen LogP contribution in [0.5, 0.6) is 5.75 Å². The van der Waals surface area contributed by atoms with Crippen molar-refractivity contribution in [3.05, 3.63) is 34.4 Å². The minimum atomic E-state index is -3.28. The van der Waals surface area contributed by atoms with Gasteiger partial charge in [0.15, 0.2) is 0 Å². The molecule has 1 aromatic rings. The number of halogens is 1. The zero-order valence-corrected chi connectivity index (χ0v) is 11.6. The Bertz CT molecular complexity index is 464. The van der Waals surface area contributed by atoms with E-state index >= 15 is 0 Å². The maximum atomic E-state index is 11.9. The summed E-state index contributed by atoms with van der Waals surface area (Å²) in [7, 11) is -3.28. The molecule has 0 radical (unpaired) electrons. The highest BCUT2D eigenvalue weighted by molar-refractivity contribution is 7.53. The molecule has 0 N–H and O–H groups in total. The van der Waals surface area contributed by atoms with E-state index in [-0.39, 0.29) is 17.3 Å². The lowest BCUT2D eigenvalue weighted by Crippen LogP contribution is -2.09. The van der Waals surface area contributed by atoms with Gasteiger partial charge in [-0.15, -0.1) is 11.6 Å². The normalized spacial score (nSPS) is 15.7. The summed E-state index contributed by atoms with van der Waals surface area (Å²) in [5.74, 6) is 0.440. The first-order chi connectivity index (χ1) is 8.34. The standard InChI is InChI=1S/C10H13ClNO5P/c1-8(7-11)16-18(2,15)17-10-5-3-9(4-6-10)12(13)14/h3-6,8H,7H2,1-2H3. The van der Waals surface area contributed by atoms with Crippen molar-refractivity contribution in [1.82, 2.24) is 0 Å². The van der Waals surface area contributed by atoms with Gasteiger partial charge in [0.1, 0.15) is 5.75 Å². The van der Waals surface area contributed by atoms with Crippen LogP contribution in [0.2, 0.25) is 0 Å². The third kappa shape index (κ3) is 4.64. The quantitative estimate of drug-likeness (QED) is 0.347. The smallest absolute Gasteiger partial charge is 0.376 e. The summed E-state index contributed by atoms with van der Waals surface area (Å²) in [5, 5.41) is 10.5. The molecule has 0 spiro atoms. The molecule has 8 heteroatoms. The van der Waals surface area contributed by atoms with E-state index in [2.05, 4.69) is 0 Å². The molecule has 6 nitrogen and oxygen atoms in total. The van der Waals surface area contributed by atoms with Gasteiger partial charge in [-0.2, -0.15) is 0 Å². The number of benzene rings is 1. The van der Waals surface area contributed by atoms with Crippen LogP contribution in [0, 0.1) is 10.1 Å². The molecule has 2 unspecified atom stereocenters. The van der Waals surface area contributed by atoms with Crippen LogP contribution < -0.4 is 4.52 Å². The largest absolute Gasteiger partial charge is 0.425 e. The minimum absolute atomic E-state index is 0.0664. The van der Waals surface area contributed by atoms with Gasteiger partial charge < -0.3 is 4.52 Å². The fraction of sp³-hybridized carbons (Fsp3) is 0.400. The van der Waals surface area contributed by atoms with Gasteiger partial charge in [-0.25, -0.2) is 4.57 Å². The SMILES string of the molecule is CC(CCl)OP(C)(=O)Oc1ccc([N+](=O)[O-])cc1. The zero-order chi connectivity index (χ0) is 13.8. The lowest BCUT2D eigenvalue weighted by molar-refractivity contribution is -0.384. The maximum Gasteiger partial charge on any atom is 0.376 e. The van der Waals surface area contributed by atoms with Gasteiger partial charge in [-0.3, -0.25) is 14.6 Å². The molecule has 0 aliphatic rings. The number of hydrogen-bond donors (Lipinski definition) is 0. The fourth-order valence-electron chi connectivity index (χ4n) is 1.20. The Morgan fingerprint density at radius 1 is 1.44 bits per heavy atom. The molecule has 0 aliphatic carbocycles. The Kier molecular flexibility index (Phi) is 5.14. The first-order valence-electron chi connectivity index (χ1n) is 5.10. The minimum Gasteiger partial charge on any atom is -0.425 e. The Morgan fingerprint density at radius 2 is 2.00 bits per heavy atom. The van der Waals surface area contributed by atoms with Gasteiger partial charge in [0.2, 0.25) is 0 Å². The number of alkyl halides is 1. The molecular formula is C10H13ClNO5P. The molecule has 0 fully saturated rings. The van der Waals surface area contributed by atoms with Crippen molar-refractivity contribution < 1.29 is 18.5 Å². The Morgan fingerprint density at radius 3 is 2.44 bits per heavy atom. The summed E-state index contributed by atoms with van der Waals surface area (Å²) in [6.07, 6.45) is -0.402. The summed E-state index contributed by atoms with van der Waals surface area (Å²) in [6, 6.07) is 5.26. The third-order valence-corrected chi connectivity index (χ3v) is 3.63. The van der Waals surface area contributed by atoms with Crippen LogP contribution in [0.3, 0.4) is 0 Å². The van der Waals surface area contributed by atoms with Crippen LogP contribution in [0.15, 0.2) is 24.3 Å². The zero-order valence-electron chi connectivity index (χ0n) is 9.91. The Hall–Kier alpha value is -1.10. The molecule has 0 saturated carbocycles. The second kappa shape index (κ2) is 6.18. The average molecular weight is 294 g/mol. The van der Waals surface area contributed by atoms with Gasteiger partial charge >= 0.3 is 7.60 Å². The molecule has 0 heterocycles. The maximum absolute atomic E-state index is 11.9. The molecule has 0 aliphatic heterocycles. The van der Waals surface area contributed by atoms with E-state index in [4.69, 9.17) is 20.6 Å². The summed E-state index contributed by atoms with van der Waals surface area (Å²) in [6.45, 7) is 2.99. The average Bonchev–Trinajstić information content (AvgIpc) is 2.28. The number of nitro groups is 1. The lowest BCUT2D eigenvalue weighted by atomic mass is 10.3. The molecule has 18 heavy (non-hydrogen) atoms. The van der Waals surface area contributed by atoms with Gasteiger partial charge in [-0.05, 0) is 19.1 Å². The molecule has 1 aromatic carbocycles. The first kappa shape index (κ1) is 15.0. The van der Waals surface area contributed by atoms with Crippen molar-refractivity contribution in [2.24, 2.45) is 0 Å². The highest BCUT2D eigenvalue weighted by Crippen LogP contribution is 2.45. The van der Waals surface area contributed by atoms with Gasteiger partial charge in [0.05, 0.1) is 11.0 Å². The summed E-state index contributed by atoms with van der Waals surface area (Å²) in [4.78, 5) is 9.93. The highest BCUT2D eigenvalue weighted by Gasteiger charge is 2.22. The molecule has 2 atom stereocenters. The van der Waals surface area contributed by atoms with Crippen LogP contribution in [0.4, 0.5) is 5.69 Å². The van der Waals surface area contributed by atoms with Crippen LogP contribution in [0.25, 0.3) is 0 Å². The number of nitrogens with zero attached hydrogens (tertiary/aromatic N) is 1. The summed E-state index contributed by atoms with van der Waals surface area (Å²) in [5.41, 5.74) is -0.0664. The predicted molar refractivity (Wildman–Crippen MR) is 68.5 cm³/mol. The van der Waals surface area contributed by atoms with E-state index in [9.17, 15) is 14.7 Å². The molecule has 0 aromatic heterocycles. The van der Waals surface area contributed by atoms with E-state index in [1.165, 1.54) is 30.9 Å². The summed E-state index contributed by atoms with van der Waals surface area (Å²) >= 11 is 5.54. The second-order valence-electron chi connectivity index (χ2n) is 3.68. The lowest BCUT2D eigenvalue weighted by Gasteiger charge is -2.18. The van der Waals surface area contributed by atoms with Crippen LogP contribution >= 0.6 is 19.2 Å². The number of rotatable bonds is 6. The van der Waals surface area contributed by atoms with E-state index in [0.717, 1.165) is 0 Å². The Balaban J connectivity index is 2.72. The number of non-ortho nitro benzene ring substituents is 1. The number of nitro benzene ring substituents is 1. The van der Waals surface area contributed by atoms with Crippen molar-refractivity contribution in [3.63, 3.8) is 0 Å². The van der Waals surface area contributed by atoms with E-state index in [0.29, 0.717) is 0 Å². The van der Waals surface area contributed by atoms with Gasteiger partial charge in [0, 0.05) is 24.7 Å². The Labute approximate surface area is 110 Å². The molecule has 0 saturated heterocycles. The van der Waals surface area contributed by atoms with Gasteiger partial charge in [0.25, 0.3) is 5.69 Å². The monoisotopic (exact) mass is 293 g/mol. The molecule has 0 amide bonds. The second-order valence-corrected chi connectivity index (χ2v) is 5.93. The van der Waals surface area contributed by atoms with E-state index in [1.54, 1.807) is 6.92 Å². The van der Waals surface area contributed by atoms with E-state index < -0.39 is 18.6 Å². The molecule has 100 valence electrons. The molecule has 0 bridgehead atoms. The van der Waals surface area contributed by atoms with E-state index in [1.807, 2.05) is 0 Å². The van der Waals surface area contributed by atoms with Crippen molar-refractivity contribution in [1.29, 1.82) is 0 Å². The third-order valence-electron chi connectivity index (χ3n) is 1.91. The summed E-state index contributed by atoms with van der Waals surface area (Å²) < 4.78 is 22.2. The van der Waals surface area contributed by atoms with Crippen molar-refractivity contribution in [2.45, 2.75) is 13.0 Å². The van der Waals surface area contributed by atoms with Crippen LogP contribution in [-0.4, -0.2) is 23.6 Å². The van der Waals surface area contributed by atoms with Crippen molar-refractivity contribution >= 4 is 24.9 Å². The predicted octanol–water partition coefficient (Wildman–Crippen LogP) is 3.44. The van der Waals surface area contributed by atoms with Crippen LogP contribution in [0.1, 0.15) is 6.92 Å². The molecule has 1 rings (SSSR count). The van der Waals surface area contributed by atoms with Crippen molar-refractivity contribution in [3.8, 4) is 5.75 Å². The topological polar surface area (TPSA) is 78.7 Å². The number of hydrogen-bond acceptors (Lipinski definition) is 5. The fourth-order valence-corrected chi connectivity index (χ4v) is 2.62. The first-order valence-corrected chi connectivity index (χ1v) is 7.62. The van der Waals surface area contributed by atoms with Crippen molar-refractivity contribution in [2.75, 3.05) is 12.5 Å². The van der Waals surface area contributed by atoms with Gasteiger partial charge in [-0.1, -0.05) is 0 Å².